The van der Waals surface area contributed by atoms with Gasteiger partial charge in [-0.15, -0.1) is 11.8 Å². The molecule has 0 aliphatic rings. The number of hydrogen-bond acceptors (Lipinski definition) is 5. The average Bonchev–Trinajstić information content (AvgIpc) is 2.67. The Morgan fingerprint density at radius 3 is 2.59 bits per heavy atom. The topological polar surface area (TPSA) is 87.1 Å². The van der Waals surface area contributed by atoms with E-state index in [1.165, 1.54) is 0 Å². The molecule has 0 radical (unpaired) electrons. The Bertz CT molecular complexity index is 705. The van der Waals surface area contributed by atoms with Crippen molar-refractivity contribution < 1.29 is 24.5 Å². The van der Waals surface area contributed by atoms with E-state index in [1.54, 1.807) is 6.92 Å². The molecule has 6 heteroatoms. The molecular weight excluding hydrogens is 370 g/mol. The molecule has 1 aromatic rings. The number of carbonyl (C=O) groups is 2. The van der Waals surface area contributed by atoms with E-state index in [9.17, 15) is 14.7 Å². The summed E-state index contributed by atoms with van der Waals surface area (Å²) in [6.45, 7) is 1.78. The largest absolute Gasteiger partial charge is 0.491 e. The second-order valence-electron chi connectivity index (χ2n) is 7.40. The number of rotatable bonds is 13. The van der Waals surface area contributed by atoms with E-state index in [0.717, 1.165) is 11.4 Å². The minimum Gasteiger partial charge on any atom is -0.491 e. The average molecular weight is 404 g/mol. The predicted octanol–water partition coefficient (Wildman–Crippen LogP) is 3.52. The lowest BCUT2D eigenvalue weighted by Crippen LogP contribution is -2.19. The van der Waals surface area contributed by atoms with Gasteiger partial charge in [0, 0.05) is 51.0 Å². The summed E-state index contributed by atoms with van der Waals surface area (Å²) in [6.07, 6.45) is 3.01. The van der Waals surface area contributed by atoms with E-state index in [2.05, 4.69) is 11.8 Å². The van der Waals surface area contributed by atoms with Gasteiger partial charge in [-0.2, -0.15) is 0 Å². The van der Waals surface area contributed by atoms with Gasteiger partial charge >= 0.3 is 5.97 Å². The van der Waals surface area contributed by atoms with Gasteiger partial charge in [-0.25, -0.2) is 0 Å². The number of carbonyl (C=O) groups excluding carboxylic acids is 1. The molecular formula is C23H33NO5. The van der Waals surface area contributed by atoms with Crippen LogP contribution in [-0.4, -0.2) is 48.8 Å². The van der Waals surface area contributed by atoms with Crippen molar-refractivity contribution in [3.63, 3.8) is 0 Å². The molecule has 0 fully saturated rings. The van der Waals surface area contributed by atoms with Gasteiger partial charge in [0.25, 0.3) is 0 Å². The van der Waals surface area contributed by atoms with Gasteiger partial charge in [0.2, 0.25) is 0 Å². The van der Waals surface area contributed by atoms with Gasteiger partial charge in [-0.05, 0) is 44.7 Å². The fourth-order valence-electron chi connectivity index (χ4n) is 2.79. The number of aliphatic carboxylic acids is 1. The highest BCUT2D eigenvalue weighted by atomic mass is 16.5. The lowest BCUT2D eigenvalue weighted by atomic mass is 9.94. The van der Waals surface area contributed by atoms with Crippen LogP contribution in [-0.2, 0) is 9.59 Å². The minimum atomic E-state index is -0.818. The molecule has 0 heterocycles. The van der Waals surface area contributed by atoms with Crippen LogP contribution in [0.4, 0.5) is 5.69 Å². The summed E-state index contributed by atoms with van der Waals surface area (Å²) in [5.74, 6) is 5.77. The number of Topliss-reactive ketones (excluding diaryl/α,β-unsaturated/α-hetero) is 1. The first-order valence-corrected chi connectivity index (χ1v) is 10.1. The molecule has 2 atom stereocenters. The summed E-state index contributed by atoms with van der Waals surface area (Å²) in [5, 5.41) is 18.7. The van der Waals surface area contributed by atoms with Gasteiger partial charge in [0.15, 0.2) is 0 Å². The van der Waals surface area contributed by atoms with Gasteiger partial charge in [0.05, 0.1) is 6.10 Å². The zero-order chi connectivity index (χ0) is 21.6. The van der Waals surface area contributed by atoms with E-state index in [-0.39, 0.29) is 24.7 Å². The Kier molecular flexibility index (Phi) is 11.5. The van der Waals surface area contributed by atoms with Crippen LogP contribution in [0.1, 0.15) is 51.9 Å². The Labute approximate surface area is 173 Å². The van der Waals surface area contributed by atoms with Gasteiger partial charge in [0.1, 0.15) is 18.1 Å². The molecule has 0 amide bonds. The molecule has 1 rings (SSSR count). The summed E-state index contributed by atoms with van der Waals surface area (Å²) >= 11 is 0. The van der Waals surface area contributed by atoms with Crippen molar-refractivity contribution in [3.8, 4) is 17.6 Å². The number of unbranched alkanes of at least 4 members (excludes halogenated alkanes) is 1. The Hall–Kier alpha value is -2.52. The van der Waals surface area contributed by atoms with Crippen LogP contribution in [0.5, 0.6) is 5.75 Å². The third kappa shape index (κ3) is 11.2. The smallest absolute Gasteiger partial charge is 0.303 e. The minimum absolute atomic E-state index is 0.0936. The fourth-order valence-corrected chi connectivity index (χ4v) is 2.79. The summed E-state index contributed by atoms with van der Waals surface area (Å²) in [5.41, 5.74) is 1.03. The zero-order valence-electron chi connectivity index (χ0n) is 17.7. The summed E-state index contributed by atoms with van der Waals surface area (Å²) in [6, 6.07) is 7.69. The van der Waals surface area contributed by atoms with Crippen molar-refractivity contribution in [2.45, 2.75) is 58.0 Å². The molecule has 2 N–H and O–H groups in total. The predicted molar refractivity (Wildman–Crippen MR) is 114 cm³/mol. The number of aliphatic hydroxyl groups is 1. The first-order valence-electron chi connectivity index (χ1n) is 10.1. The maximum atomic E-state index is 11.8. The quantitative estimate of drug-likeness (QED) is 0.387. The molecule has 0 saturated carbocycles. The number of carboxylic acids is 1. The number of nitrogens with zero attached hydrogens (tertiary/aromatic N) is 1. The van der Waals surface area contributed by atoms with E-state index < -0.39 is 12.1 Å². The van der Waals surface area contributed by atoms with Gasteiger partial charge in [-0.3, -0.25) is 9.59 Å². The van der Waals surface area contributed by atoms with Crippen LogP contribution < -0.4 is 9.64 Å². The van der Waals surface area contributed by atoms with E-state index in [1.807, 2.05) is 43.3 Å². The number of carboxylic acid groups (broad SMARTS) is 1. The van der Waals surface area contributed by atoms with Crippen molar-refractivity contribution >= 4 is 17.4 Å². The normalized spacial score (nSPS) is 12.4. The molecule has 0 aromatic heterocycles. The first kappa shape index (κ1) is 24.5. The number of aliphatic hydroxyl groups excluding tert-OH is 1. The van der Waals surface area contributed by atoms with E-state index in [0.29, 0.717) is 38.5 Å². The lowest BCUT2D eigenvalue weighted by molar-refractivity contribution is -0.137. The number of anilines is 1. The van der Waals surface area contributed by atoms with Crippen molar-refractivity contribution in [3.05, 3.63) is 24.3 Å². The maximum absolute atomic E-state index is 11.8. The highest BCUT2D eigenvalue weighted by Gasteiger charge is 2.14. The van der Waals surface area contributed by atoms with Crippen molar-refractivity contribution in [1.82, 2.24) is 0 Å². The lowest BCUT2D eigenvalue weighted by Gasteiger charge is -2.16. The Balaban J connectivity index is 2.31. The van der Waals surface area contributed by atoms with Crippen LogP contribution in [0.2, 0.25) is 0 Å². The Morgan fingerprint density at radius 1 is 1.17 bits per heavy atom. The second-order valence-corrected chi connectivity index (χ2v) is 7.40. The first-order chi connectivity index (χ1) is 13.8. The summed E-state index contributed by atoms with van der Waals surface area (Å²) in [4.78, 5) is 24.2. The monoisotopic (exact) mass is 403 g/mol. The van der Waals surface area contributed by atoms with Crippen LogP contribution in [0.25, 0.3) is 0 Å². The SMILES string of the molecule is CC(=O)C(CC#CCCCC(=O)O)CCCC(O)COc1cccc(N(C)C)c1. The second kappa shape index (κ2) is 13.6. The van der Waals surface area contributed by atoms with Gasteiger partial charge in [-0.1, -0.05) is 6.07 Å². The van der Waals surface area contributed by atoms with Crippen molar-refractivity contribution in [2.24, 2.45) is 5.92 Å². The molecule has 0 aliphatic carbocycles. The molecule has 160 valence electrons. The van der Waals surface area contributed by atoms with Gasteiger partial charge < -0.3 is 19.8 Å². The molecule has 29 heavy (non-hydrogen) atoms. The molecule has 2 unspecified atom stereocenters. The van der Waals surface area contributed by atoms with Crippen LogP contribution in [0.3, 0.4) is 0 Å². The highest BCUT2D eigenvalue weighted by Crippen LogP contribution is 2.20. The molecule has 0 spiro atoms. The molecule has 0 aliphatic heterocycles. The number of hydrogen-bond donors (Lipinski definition) is 2. The van der Waals surface area contributed by atoms with Crippen LogP contribution >= 0.6 is 0 Å². The number of ketones is 1. The maximum Gasteiger partial charge on any atom is 0.303 e. The highest BCUT2D eigenvalue weighted by molar-refractivity contribution is 5.78. The standard InChI is InChI=1S/C23H33NO5/c1-18(25)19(10-6-4-5-7-15-23(27)28)11-8-13-21(26)17-29-22-14-9-12-20(16-22)24(2)3/h9,12,14,16,19,21,26H,5,7-8,10-11,13,15,17H2,1-3H3,(H,27,28). The molecule has 6 nitrogen and oxygen atoms in total. The zero-order valence-corrected chi connectivity index (χ0v) is 17.7. The molecule has 0 bridgehead atoms. The van der Waals surface area contributed by atoms with Crippen molar-refractivity contribution in [2.75, 3.05) is 25.6 Å². The summed E-state index contributed by atoms with van der Waals surface area (Å²) < 4.78 is 5.68. The van der Waals surface area contributed by atoms with Crippen molar-refractivity contribution in [1.29, 1.82) is 0 Å². The molecule has 0 saturated heterocycles. The van der Waals surface area contributed by atoms with E-state index in [4.69, 9.17) is 9.84 Å². The van der Waals surface area contributed by atoms with E-state index >= 15 is 0 Å². The molecule has 1 aromatic carbocycles. The number of benzene rings is 1. The summed E-state index contributed by atoms with van der Waals surface area (Å²) in [7, 11) is 3.92. The Morgan fingerprint density at radius 2 is 1.93 bits per heavy atom. The van der Waals surface area contributed by atoms with Crippen LogP contribution in [0, 0.1) is 17.8 Å². The number of ether oxygens (including phenoxy) is 1. The third-order valence-electron chi connectivity index (χ3n) is 4.61. The fraction of sp³-hybridized carbons (Fsp3) is 0.565. The third-order valence-corrected chi connectivity index (χ3v) is 4.61. The van der Waals surface area contributed by atoms with Crippen LogP contribution in [0.15, 0.2) is 24.3 Å².